The van der Waals surface area contributed by atoms with Crippen LogP contribution in [0, 0.1) is 5.92 Å². The Morgan fingerprint density at radius 1 is 1.17 bits per heavy atom. The van der Waals surface area contributed by atoms with E-state index >= 15 is 0 Å². The van der Waals surface area contributed by atoms with Gasteiger partial charge in [0, 0.05) is 31.2 Å². The number of likely N-dealkylation sites (N-methyl/N-ethyl adjacent to an activating group) is 1. The Kier molecular flexibility index (Phi) is 6.07. The summed E-state index contributed by atoms with van der Waals surface area (Å²) in [5, 5.41) is 0. The van der Waals surface area contributed by atoms with Gasteiger partial charge in [0.25, 0.3) is 5.91 Å². The van der Waals surface area contributed by atoms with Crippen LogP contribution in [-0.4, -0.2) is 42.5 Å². The van der Waals surface area contributed by atoms with Crippen LogP contribution in [0.4, 0.5) is 5.69 Å². The zero-order valence-corrected chi connectivity index (χ0v) is 18.2. The maximum Gasteiger partial charge on any atom is 0.300 e. The maximum absolute atomic E-state index is 12.8. The van der Waals surface area contributed by atoms with Crippen LogP contribution in [0.5, 0.6) is 0 Å². The van der Waals surface area contributed by atoms with Crippen molar-refractivity contribution < 1.29 is 9.53 Å². The number of allylic oxidation sites excluding steroid dienone is 3. The molecule has 158 valence electrons. The fraction of sp³-hybridized carbons (Fsp3) is 0.440. The molecule has 0 radical (unpaired) electrons. The first kappa shape index (κ1) is 20.5. The van der Waals surface area contributed by atoms with E-state index in [2.05, 4.69) is 49.1 Å². The van der Waals surface area contributed by atoms with Crippen molar-refractivity contribution in [1.82, 2.24) is 4.90 Å². The van der Waals surface area contributed by atoms with Crippen molar-refractivity contribution in [2.24, 2.45) is 10.9 Å². The molecular formula is C25H31N3O2. The highest BCUT2D eigenvalue weighted by molar-refractivity contribution is 6.11. The van der Waals surface area contributed by atoms with Crippen LogP contribution in [0.15, 0.2) is 58.8 Å². The zero-order chi connectivity index (χ0) is 21.1. The molecule has 2 aliphatic carbocycles. The van der Waals surface area contributed by atoms with Crippen molar-refractivity contribution in [3.05, 3.63) is 59.4 Å². The molecule has 1 aromatic carbocycles. The minimum Gasteiger partial charge on any atom is -0.420 e. The molecule has 1 saturated carbocycles. The van der Waals surface area contributed by atoms with Gasteiger partial charge < -0.3 is 9.64 Å². The molecule has 5 heteroatoms. The number of amidine groups is 1. The molecule has 1 aromatic rings. The van der Waals surface area contributed by atoms with E-state index in [4.69, 9.17) is 9.73 Å². The first-order chi connectivity index (χ1) is 14.6. The number of nitrogens with zero attached hydrogens (tertiary/aromatic N) is 3. The average Bonchev–Trinajstić information content (AvgIpc) is 3.48. The number of anilines is 1. The van der Waals surface area contributed by atoms with Gasteiger partial charge >= 0.3 is 6.02 Å². The molecule has 0 bridgehead atoms. The Hall–Kier alpha value is -2.82. The molecule has 1 saturated heterocycles. The molecule has 5 nitrogen and oxygen atoms in total. The van der Waals surface area contributed by atoms with Crippen molar-refractivity contribution >= 4 is 23.7 Å². The molecule has 2 unspecified atom stereocenters. The minimum absolute atomic E-state index is 0.113. The highest BCUT2D eigenvalue weighted by Gasteiger charge is 2.42. The van der Waals surface area contributed by atoms with Crippen LogP contribution in [0.3, 0.4) is 0 Å². The molecule has 4 rings (SSSR count). The molecular weight excluding hydrogens is 374 g/mol. The van der Waals surface area contributed by atoms with Gasteiger partial charge in [0.2, 0.25) is 0 Å². The lowest BCUT2D eigenvalue weighted by molar-refractivity contribution is -0.122. The van der Waals surface area contributed by atoms with Gasteiger partial charge in [0.05, 0.1) is 6.04 Å². The van der Waals surface area contributed by atoms with Crippen LogP contribution in [-0.2, 0) is 9.53 Å². The second-order valence-electron chi connectivity index (χ2n) is 7.93. The van der Waals surface area contributed by atoms with Crippen molar-refractivity contribution in [3.8, 4) is 0 Å². The van der Waals surface area contributed by atoms with Gasteiger partial charge in [0.15, 0.2) is 5.76 Å². The van der Waals surface area contributed by atoms with E-state index in [9.17, 15) is 4.79 Å². The Morgan fingerprint density at radius 2 is 1.93 bits per heavy atom. The van der Waals surface area contributed by atoms with E-state index in [1.54, 1.807) is 4.90 Å². The summed E-state index contributed by atoms with van der Waals surface area (Å²) < 4.78 is 5.93. The number of rotatable bonds is 7. The van der Waals surface area contributed by atoms with Gasteiger partial charge in [0.1, 0.15) is 0 Å². The number of ether oxygens (including phenoxy) is 1. The smallest absolute Gasteiger partial charge is 0.300 e. The maximum atomic E-state index is 12.8. The minimum atomic E-state index is -0.113. The van der Waals surface area contributed by atoms with E-state index in [0.717, 1.165) is 37.9 Å². The highest BCUT2D eigenvalue weighted by atomic mass is 16.5. The number of amides is 1. The molecule has 1 amide bonds. The van der Waals surface area contributed by atoms with Crippen molar-refractivity contribution in [2.75, 3.05) is 24.5 Å². The van der Waals surface area contributed by atoms with Crippen LogP contribution >= 0.6 is 0 Å². The fourth-order valence-corrected chi connectivity index (χ4v) is 4.14. The second kappa shape index (κ2) is 8.90. The predicted octanol–water partition coefficient (Wildman–Crippen LogP) is 4.77. The Morgan fingerprint density at radius 3 is 2.57 bits per heavy atom. The number of carbonyl (C=O) groups excluding carboxylic acids is 1. The summed E-state index contributed by atoms with van der Waals surface area (Å²) >= 11 is 0. The van der Waals surface area contributed by atoms with Crippen LogP contribution in [0.1, 0.15) is 45.6 Å². The Balaban J connectivity index is 1.48. The van der Waals surface area contributed by atoms with E-state index in [0.29, 0.717) is 24.2 Å². The van der Waals surface area contributed by atoms with E-state index in [-0.39, 0.29) is 11.9 Å². The topological polar surface area (TPSA) is 45.1 Å². The van der Waals surface area contributed by atoms with Crippen LogP contribution in [0.2, 0.25) is 0 Å². The van der Waals surface area contributed by atoms with E-state index < -0.39 is 0 Å². The van der Waals surface area contributed by atoms with Crippen molar-refractivity contribution in [1.29, 1.82) is 0 Å². The average molecular weight is 406 g/mol. The molecule has 0 N–H and O–H groups in total. The third-order valence-corrected chi connectivity index (χ3v) is 6.01. The summed E-state index contributed by atoms with van der Waals surface area (Å²) in [4.78, 5) is 21.5. The van der Waals surface area contributed by atoms with Crippen molar-refractivity contribution in [3.63, 3.8) is 0 Å². The quantitative estimate of drug-likeness (QED) is 0.614. The molecule has 1 heterocycles. The van der Waals surface area contributed by atoms with E-state index in [1.807, 2.05) is 25.1 Å². The standard InChI is InChI=1S/C25H31N3O2/c1-4-27(5-2)20-14-12-18(13-15-20)16-23-24(29)28(6-3)25(30-23)26-22-17-21(22)19-10-8-7-9-11-19/h8,10-16,21-22H,4-7,9,17H2,1-3H3/b23-16+,26-25?. The molecule has 1 aliphatic heterocycles. The van der Waals surface area contributed by atoms with Gasteiger partial charge in [-0.3, -0.25) is 9.69 Å². The molecule has 30 heavy (non-hydrogen) atoms. The summed E-state index contributed by atoms with van der Waals surface area (Å²) in [5.74, 6) is 0.699. The van der Waals surface area contributed by atoms with Crippen molar-refractivity contribution in [2.45, 2.75) is 46.1 Å². The predicted molar refractivity (Wildman–Crippen MR) is 122 cm³/mol. The first-order valence-electron chi connectivity index (χ1n) is 11.1. The first-order valence-corrected chi connectivity index (χ1v) is 11.1. The summed E-state index contributed by atoms with van der Waals surface area (Å²) in [6.45, 7) is 8.74. The van der Waals surface area contributed by atoms with Crippen LogP contribution in [0.25, 0.3) is 6.08 Å². The monoisotopic (exact) mass is 405 g/mol. The normalized spacial score (nSPS) is 25.6. The lowest BCUT2D eigenvalue weighted by Crippen LogP contribution is -2.29. The summed E-state index contributed by atoms with van der Waals surface area (Å²) in [6.07, 6.45) is 11.9. The van der Waals surface area contributed by atoms with Gasteiger partial charge in [-0.05, 0) is 69.4 Å². The number of benzene rings is 1. The molecule has 2 fully saturated rings. The molecule has 0 aromatic heterocycles. The largest absolute Gasteiger partial charge is 0.420 e. The third-order valence-electron chi connectivity index (χ3n) is 6.01. The summed E-state index contributed by atoms with van der Waals surface area (Å²) in [5.41, 5.74) is 3.52. The summed E-state index contributed by atoms with van der Waals surface area (Å²) in [6, 6.07) is 8.89. The number of hydrogen-bond donors (Lipinski definition) is 0. The zero-order valence-electron chi connectivity index (χ0n) is 18.2. The molecule has 2 atom stereocenters. The third kappa shape index (κ3) is 4.20. The van der Waals surface area contributed by atoms with E-state index in [1.165, 1.54) is 11.3 Å². The Labute approximate surface area is 179 Å². The van der Waals surface area contributed by atoms with Gasteiger partial charge in [-0.15, -0.1) is 0 Å². The molecule has 0 spiro atoms. The highest BCUT2D eigenvalue weighted by Crippen LogP contribution is 2.42. The van der Waals surface area contributed by atoms with Gasteiger partial charge in [-0.25, -0.2) is 4.99 Å². The van der Waals surface area contributed by atoms with Gasteiger partial charge in [-0.1, -0.05) is 30.4 Å². The van der Waals surface area contributed by atoms with Crippen LogP contribution < -0.4 is 4.90 Å². The lowest BCUT2D eigenvalue weighted by atomic mass is 10.0. The molecule has 3 aliphatic rings. The number of aliphatic imine (C=N–C) groups is 1. The Bertz CT molecular complexity index is 907. The van der Waals surface area contributed by atoms with Gasteiger partial charge in [-0.2, -0.15) is 0 Å². The summed E-state index contributed by atoms with van der Waals surface area (Å²) in [7, 11) is 0. The number of hydrogen-bond acceptors (Lipinski definition) is 4. The number of carbonyl (C=O) groups is 1. The fourth-order valence-electron chi connectivity index (χ4n) is 4.14. The lowest BCUT2D eigenvalue weighted by Gasteiger charge is -2.20. The SMILES string of the molecule is CCN1C(=O)/C(=C\c2ccc(N(CC)CC)cc2)OC1=NC1CC1C1=CCCC=C1. The second-order valence-corrected chi connectivity index (χ2v) is 7.93.